The molecule has 0 radical (unpaired) electrons. The van der Waals surface area contributed by atoms with Crippen molar-refractivity contribution in [1.29, 1.82) is 0 Å². The second-order valence-corrected chi connectivity index (χ2v) is 8.09. The van der Waals surface area contributed by atoms with Gasteiger partial charge in [0, 0.05) is 18.4 Å². The van der Waals surface area contributed by atoms with Gasteiger partial charge in [0.25, 0.3) is 0 Å². The monoisotopic (exact) mass is 464 g/mol. The second kappa shape index (κ2) is 10.8. The summed E-state index contributed by atoms with van der Waals surface area (Å²) in [6, 6.07) is 7.63. The van der Waals surface area contributed by atoms with Crippen molar-refractivity contribution in [3.05, 3.63) is 48.0 Å². The number of nitrogens with two attached hydrogens (primary N) is 1. The number of aromatic nitrogens is 5. The van der Waals surface area contributed by atoms with E-state index < -0.39 is 5.97 Å². The van der Waals surface area contributed by atoms with E-state index in [2.05, 4.69) is 27.3 Å². The Bertz CT molecular complexity index is 1200. The lowest BCUT2D eigenvalue weighted by molar-refractivity contribution is -0.137. The van der Waals surface area contributed by atoms with E-state index in [0.29, 0.717) is 37.6 Å². The van der Waals surface area contributed by atoms with Gasteiger partial charge in [0.05, 0.1) is 49.6 Å². The zero-order valence-corrected chi connectivity index (χ0v) is 19.0. The van der Waals surface area contributed by atoms with E-state index in [1.54, 1.807) is 28.0 Å². The Labute approximate surface area is 197 Å². The molecule has 3 N–H and O–H groups in total. The zero-order chi connectivity index (χ0) is 23.9. The summed E-state index contributed by atoms with van der Waals surface area (Å²) < 4.78 is 9.06. The molecule has 0 amide bonds. The highest BCUT2D eigenvalue weighted by Gasteiger charge is 2.22. The van der Waals surface area contributed by atoms with Crippen molar-refractivity contribution in [2.75, 3.05) is 13.2 Å². The molecule has 1 atom stereocenters. The first-order valence-electron chi connectivity index (χ1n) is 11.3. The molecule has 3 aromatic rings. The maximum Gasteiger partial charge on any atom is 0.305 e. The van der Waals surface area contributed by atoms with Gasteiger partial charge in [-0.25, -0.2) is 14.7 Å². The van der Waals surface area contributed by atoms with Crippen LogP contribution in [0.2, 0.25) is 0 Å². The Kier molecular flexibility index (Phi) is 7.43. The van der Waals surface area contributed by atoms with Crippen LogP contribution in [-0.4, -0.2) is 61.1 Å². The van der Waals surface area contributed by atoms with Gasteiger partial charge in [-0.1, -0.05) is 18.2 Å². The SMILES string of the molecule is CC1CCC(=Nc2cccc(OCCCN)c2)N=Cc2nnn(-c3cnn(CCC(=O)O)c3)c21. The van der Waals surface area contributed by atoms with Crippen molar-refractivity contribution in [1.82, 2.24) is 24.8 Å². The fraction of sp³-hybridized carbons (Fsp3) is 0.391. The van der Waals surface area contributed by atoms with E-state index in [1.807, 2.05) is 24.3 Å². The predicted octanol–water partition coefficient (Wildman–Crippen LogP) is 2.71. The number of carboxylic acids is 1. The van der Waals surface area contributed by atoms with Crippen LogP contribution >= 0.6 is 0 Å². The number of ether oxygens (including phenoxy) is 1. The molecular weight excluding hydrogens is 436 g/mol. The van der Waals surface area contributed by atoms with Crippen LogP contribution in [0.3, 0.4) is 0 Å². The van der Waals surface area contributed by atoms with Crippen LogP contribution in [-0.2, 0) is 11.3 Å². The summed E-state index contributed by atoms with van der Waals surface area (Å²) in [5.74, 6) is 0.756. The summed E-state index contributed by atoms with van der Waals surface area (Å²) in [5.41, 5.74) is 8.66. The molecule has 1 aliphatic rings. The maximum absolute atomic E-state index is 10.8. The van der Waals surface area contributed by atoms with Gasteiger partial charge in [0.2, 0.25) is 0 Å². The molecule has 178 valence electrons. The topological polar surface area (TPSA) is 146 Å². The van der Waals surface area contributed by atoms with Crippen molar-refractivity contribution in [2.24, 2.45) is 15.7 Å². The highest BCUT2D eigenvalue weighted by atomic mass is 16.5. The number of hydrogen-bond donors (Lipinski definition) is 2. The summed E-state index contributed by atoms with van der Waals surface area (Å²) in [6.45, 7) is 3.58. The van der Waals surface area contributed by atoms with E-state index in [1.165, 1.54) is 0 Å². The van der Waals surface area contributed by atoms with E-state index in [9.17, 15) is 4.79 Å². The first-order valence-corrected chi connectivity index (χ1v) is 11.3. The van der Waals surface area contributed by atoms with Crippen LogP contribution < -0.4 is 10.5 Å². The summed E-state index contributed by atoms with van der Waals surface area (Å²) in [4.78, 5) is 20.1. The molecule has 11 heteroatoms. The number of carbonyl (C=O) groups is 1. The number of aliphatic imine (C=N–C) groups is 2. The quantitative estimate of drug-likeness (QED) is 0.463. The predicted molar refractivity (Wildman–Crippen MR) is 127 cm³/mol. The van der Waals surface area contributed by atoms with Gasteiger partial charge in [-0.3, -0.25) is 9.48 Å². The summed E-state index contributed by atoms with van der Waals surface area (Å²) in [5, 5.41) is 21.8. The van der Waals surface area contributed by atoms with Crippen molar-refractivity contribution < 1.29 is 14.6 Å². The first kappa shape index (κ1) is 23.3. The Morgan fingerprint density at radius 3 is 3.09 bits per heavy atom. The van der Waals surface area contributed by atoms with Gasteiger partial charge >= 0.3 is 5.97 Å². The smallest absolute Gasteiger partial charge is 0.305 e. The van der Waals surface area contributed by atoms with Gasteiger partial charge in [-0.2, -0.15) is 5.10 Å². The number of nitrogens with zero attached hydrogens (tertiary/aromatic N) is 7. The molecule has 11 nitrogen and oxygen atoms in total. The number of aryl methyl sites for hydroxylation is 1. The zero-order valence-electron chi connectivity index (χ0n) is 19.0. The van der Waals surface area contributed by atoms with Crippen molar-refractivity contribution >= 4 is 23.7 Å². The summed E-state index contributed by atoms with van der Waals surface area (Å²) in [7, 11) is 0. The normalized spacial score (nSPS) is 16.8. The van der Waals surface area contributed by atoms with Crippen LogP contribution in [0.25, 0.3) is 5.69 Å². The minimum Gasteiger partial charge on any atom is -0.493 e. The molecule has 1 aromatic carbocycles. The van der Waals surface area contributed by atoms with Crippen LogP contribution in [0.15, 0.2) is 46.6 Å². The Morgan fingerprint density at radius 2 is 2.26 bits per heavy atom. The minimum atomic E-state index is -0.865. The molecule has 0 aliphatic carbocycles. The number of hydrogen-bond acceptors (Lipinski definition) is 7. The standard InChI is InChI=1S/C23H28N8O3/c1-16-6-7-21(27-17-4-2-5-19(12-17)34-11-3-9-24)25-14-20-23(16)31(29-28-20)18-13-26-30(15-18)10-8-22(32)33/h2,4-5,12-16H,3,6-11,24H2,1H3,(H,32,33). The molecule has 4 rings (SSSR count). The molecule has 0 saturated carbocycles. The summed E-state index contributed by atoms with van der Waals surface area (Å²) in [6.07, 6.45) is 7.45. The molecule has 1 unspecified atom stereocenters. The molecule has 34 heavy (non-hydrogen) atoms. The van der Waals surface area contributed by atoms with Gasteiger partial charge in [-0.05, 0) is 31.5 Å². The fourth-order valence-electron chi connectivity index (χ4n) is 3.67. The lowest BCUT2D eigenvalue weighted by atomic mass is 9.98. The lowest BCUT2D eigenvalue weighted by Crippen LogP contribution is -2.11. The molecule has 0 fully saturated rings. The Balaban J connectivity index is 1.54. The number of carboxylic acid groups (broad SMARTS) is 1. The van der Waals surface area contributed by atoms with E-state index in [0.717, 1.165) is 35.7 Å². The Morgan fingerprint density at radius 1 is 1.38 bits per heavy atom. The molecule has 2 aromatic heterocycles. The average molecular weight is 465 g/mol. The molecule has 3 heterocycles. The van der Waals surface area contributed by atoms with Gasteiger partial charge in [-0.15, -0.1) is 5.10 Å². The van der Waals surface area contributed by atoms with Crippen LogP contribution in [0, 0.1) is 0 Å². The molecular formula is C23H28N8O3. The molecule has 1 aliphatic heterocycles. The van der Waals surface area contributed by atoms with Crippen molar-refractivity contribution in [2.45, 2.75) is 45.1 Å². The van der Waals surface area contributed by atoms with Gasteiger partial charge < -0.3 is 15.6 Å². The highest BCUT2D eigenvalue weighted by molar-refractivity contribution is 5.96. The van der Waals surface area contributed by atoms with E-state index >= 15 is 0 Å². The highest BCUT2D eigenvalue weighted by Crippen LogP contribution is 2.28. The molecule has 0 saturated heterocycles. The number of benzene rings is 1. The van der Waals surface area contributed by atoms with E-state index in [4.69, 9.17) is 20.6 Å². The van der Waals surface area contributed by atoms with Crippen molar-refractivity contribution in [3.63, 3.8) is 0 Å². The van der Waals surface area contributed by atoms with Crippen LogP contribution in [0.1, 0.15) is 49.9 Å². The number of amidine groups is 1. The third kappa shape index (κ3) is 5.73. The number of fused-ring (bicyclic) bond motifs is 1. The first-order chi connectivity index (χ1) is 16.5. The minimum absolute atomic E-state index is 0.00445. The number of aliphatic carboxylic acids is 1. The van der Waals surface area contributed by atoms with Crippen LogP contribution in [0.5, 0.6) is 5.75 Å². The Hall–Kier alpha value is -3.86. The van der Waals surface area contributed by atoms with Gasteiger partial charge in [0.1, 0.15) is 23.0 Å². The third-order valence-electron chi connectivity index (χ3n) is 5.45. The fourth-order valence-corrected chi connectivity index (χ4v) is 3.67. The van der Waals surface area contributed by atoms with Gasteiger partial charge in [0.15, 0.2) is 0 Å². The van der Waals surface area contributed by atoms with Crippen LogP contribution in [0.4, 0.5) is 5.69 Å². The lowest BCUT2D eigenvalue weighted by Gasteiger charge is -2.15. The number of rotatable bonds is 9. The maximum atomic E-state index is 10.8. The van der Waals surface area contributed by atoms with E-state index in [-0.39, 0.29) is 12.3 Å². The molecule has 0 bridgehead atoms. The second-order valence-electron chi connectivity index (χ2n) is 8.09. The molecule has 0 spiro atoms. The third-order valence-corrected chi connectivity index (χ3v) is 5.45. The van der Waals surface area contributed by atoms with Crippen molar-refractivity contribution in [3.8, 4) is 11.4 Å². The average Bonchev–Trinajstić information content (AvgIpc) is 3.45. The summed E-state index contributed by atoms with van der Waals surface area (Å²) >= 11 is 0. The largest absolute Gasteiger partial charge is 0.493 e.